The fourth-order valence-electron chi connectivity index (χ4n) is 2.10. The Balaban J connectivity index is 0. The van der Waals surface area contributed by atoms with Gasteiger partial charge in [0.2, 0.25) is 0 Å². The smallest absolute Gasteiger partial charge is 0.259 e. The molecule has 31 heavy (non-hydrogen) atoms. The summed E-state index contributed by atoms with van der Waals surface area (Å²) in [5, 5.41) is 19.1. The molecule has 0 heterocycles. The number of benzene rings is 2. The molecule has 0 saturated carbocycles. The van der Waals surface area contributed by atoms with E-state index in [1.807, 2.05) is 63.2 Å². The van der Waals surface area contributed by atoms with Crippen molar-refractivity contribution in [1.82, 2.24) is 0 Å². The van der Waals surface area contributed by atoms with Crippen LogP contribution in [0.2, 0.25) is 0 Å². The number of aliphatic hydroxyl groups excluding tert-OH is 1. The first kappa shape index (κ1) is 30.4. The lowest BCUT2D eigenvalue weighted by atomic mass is 10.0. The monoisotopic (exact) mass is 427 g/mol. The first-order valence-electron chi connectivity index (χ1n) is 10.9. The third-order valence-corrected chi connectivity index (χ3v) is 3.57. The van der Waals surface area contributed by atoms with Crippen molar-refractivity contribution >= 4 is 28.4 Å². The van der Waals surface area contributed by atoms with Crippen LogP contribution in [-0.2, 0) is 4.79 Å². The van der Waals surface area contributed by atoms with E-state index in [1.54, 1.807) is 6.07 Å². The summed E-state index contributed by atoms with van der Waals surface area (Å²) in [5.74, 6) is 0.121. The lowest BCUT2D eigenvalue weighted by molar-refractivity contribution is -0.114. The van der Waals surface area contributed by atoms with Gasteiger partial charge in [0, 0.05) is 26.4 Å². The van der Waals surface area contributed by atoms with Crippen molar-refractivity contribution in [1.29, 1.82) is 5.26 Å². The zero-order chi connectivity index (χ0) is 24.4. The average Bonchev–Trinajstić information content (AvgIpc) is 2.73. The Morgan fingerprint density at radius 3 is 2.03 bits per heavy atom. The summed E-state index contributed by atoms with van der Waals surface area (Å²) in [6.07, 6.45) is 3.54. The summed E-state index contributed by atoms with van der Waals surface area (Å²) in [6.45, 7) is 12.9. The largest absolute Gasteiger partial charge is 0.396 e. The van der Waals surface area contributed by atoms with Crippen molar-refractivity contribution in [3.8, 4) is 6.07 Å². The van der Waals surface area contributed by atoms with Gasteiger partial charge in [0.05, 0.1) is 0 Å². The highest BCUT2D eigenvalue weighted by Gasteiger charge is 2.04. The molecule has 0 aliphatic rings. The van der Waals surface area contributed by atoms with Crippen molar-refractivity contribution in [2.24, 2.45) is 11.7 Å². The highest BCUT2D eigenvalue weighted by atomic mass is 16.2. The van der Waals surface area contributed by atoms with E-state index in [4.69, 9.17) is 16.1 Å². The Morgan fingerprint density at radius 1 is 1.13 bits per heavy atom. The number of fused-ring (bicyclic) bond motifs is 1. The van der Waals surface area contributed by atoms with E-state index < -0.39 is 5.91 Å². The Morgan fingerprint density at radius 2 is 1.65 bits per heavy atom. The van der Waals surface area contributed by atoms with Crippen LogP contribution in [0.15, 0.2) is 42.0 Å². The third-order valence-electron chi connectivity index (χ3n) is 3.57. The van der Waals surface area contributed by atoms with Gasteiger partial charge in [-0.05, 0) is 52.9 Å². The molecule has 0 aliphatic heterocycles. The van der Waals surface area contributed by atoms with Crippen molar-refractivity contribution in [3.63, 3.8) is 0 Å². The molecule has 5 heteroatoms. The van der Waals surface area contributed by atoms with Crippen LogP contribution in [0, 0.1) is 17.2 Å². The summed E-state index contributed by atoms with van der Waals surface area (Å²) >= 11 is 0. The van der Waals surface area contributed by atoms with Gasteiger partial charge in [-0.3, -0.25) is 4.79 Å². The zero-order valence-electron chi connectivity index (χ0n) is 20.6. The molecule has 0 bridgehead atoms. The molecule has 2 aromatic carbocycles. The molecule has 0 aliphatic carbocycles. The maximum absolute atomic E-state index is 11.0. The average molecular weight is 428 g/mol. The number of hydrogen-bond acceptors (Lipinski definition) is 4. The van der Waals surface area contributed by atoms with E-state index in [0.717, 1.165) is 40.8 Å². The van der Waals surface area contributed by atoms with Crippen molar-refractivity contribution in [2.75, 3.05) is 25.6 Å². The molecule has 0 radical (unpaired) electrons. The van der Waals surface area contributed by atoms with Gasteiger partial charge < -0.3 is 15.7 Å². The Labute approximate surface area is 189 Å². The molecule has 0 atom stereocenters. The number of carbonyl (C=O) groups is 1. The Hall–Kier alpha value is -2.84. The van der Waals surface area contributed by atoms with Gasteiger partial charge in [-0.2, -0.15) is 5.26 Å². The molecular formula is C26H41N3O2. The van der Waals surface area contributed by atoms with Gasteiger partial charge in [-0.25, -0.2) is 0 Å². The first-order chi connectivity index (χ1) is 14.7. The standard InChI is InChI=1S/C16H15N3O.C4H10O.C4H10.C2H6/c1-19(2)15-6-5-12-7-11(3-4-13(12)9-15)8-14(10-17)16(18)20;1-2-3-4-5;1-4(2)3;1-2/h3-9H,1-2H3,(H2,18,20);5H,2-4H2,1H3;4H,1-3H3;1-2H3/b14-8+;;;. The molecule has 0 saturated heterocycles. The van der Waals surface area contributed by atoms with Gasteiger partial charge in [-0.1, -0.05) is 66.2 Å². The lowest BCUT2D eigenvalue weighted by Crippen LogP contribution is -2.12. The summed E-state index contributed by atoms with van der Waals surface area (Å²) in [5.41, 5.74) is 6.98. The van der Waals surface area contributed by atoms with Crippen LogP contribution in [0.25, 0.3) is 16.8 Å². The first-order valence-corrected chi connectivity index (χ1v) is 10.9. The van der Waals surface area contributed by atoms with E-state index >= 15 is 0 Å². The topological polar surface area (TPSA) is 90.3 Å². The normalized spacial score (nSPS) is 9.90. The molecule has 3 N–H and O–H groups in total. The van der Waals surface area contributed by atoms with E-state index in [-0.39, 0.29) is 5.57 Å². The minimum absolute atomic E-state index is 0.0470. The molecule has 0 fully saturated rings. The lowest BCUT2D eigenvalue weighted by Gasteiger charge is -2.13. The Bertz CT molecular complexity index is 829. The maximum atomic E-state index is 11.0. The third kappa shape index (κ3) is 13.9. The summed E-state index contributed by atoms with van der Waals surface area (Å²) in [7, 11) is 3.98. The molecule has 1 amide bonds. The van der Waals surface area contributed by atoms with Gasteiger partial charge in [0.25, 0.3) is 5.91 Å². The van der Waals surface area contributed by atoms with E-state index in [1.165, 1.54) is 6.08 Å². The number of nitrogens with zero attached hydrogens (tertiary/aromatic N) is 2. The molecule has 2 rings (SSSR count). The number of nitriles is 1. The number of aliphatic hydroxyl groups is 1. The second-order valence-electron chi connectivity index (χ2n) is 7.53. The highest BCUT2D eigenvalue weighted by Crippen LogP contribution is 2.23. The number of anilines is 1. The van der Waals surface area contributed by atoms with Crippen LogP contribution in [-0.4, -0.2) is 31.7 Å². The quantitative estimate of drug-likeness (QED) is 0.468. The summed E-state index contributed by atoms with van der Waals surface area (Å²) in [6, 6.07) is 13.7. The fraction of sp³-hybridized carbons (Fsp3) is 0.462. The Kier molecular flexibility index (Phi) is 17.6. The van der Waals surface area contributed by atoms with Crippen LogP contribution in [0.5, 0.6) is 0 Å². The number of carbonyl (C=O) groups excluding carboxylic acids is 1. The molecule has 5 nitrogen and oxygen atoms in total. The van der Waals surface area contributed by atoms with Crippen LogP contribution >= 0.6 is 0 Å². The molecule has 172 valence electrons. The van der Waals surface area contributed by atoms with Crippen LogP contribution in [0.4, 0.5) is 5.69 Å². The minimum Gasteiger partial charge on any atom is -0.396 e. The maximum Gasteiger partial charge on any atom is 0.259 e. The summed E-state index contributed by atoms with van der Waals surface area (Å²) in [4.78, 5) is 13.1. The zero-order valence-corrected chi connectivity index (χ0v) is 20.6. The molecule has 0 unspecified atom stereocenters. The second kappa shape index (κ2) is 18.0. The van der Waals surface area contributed by atoms with Crippen molar-refractivity contribution in [2.45, 2.75) is 54.4 Å². The van der Waals surface area contributed by atoms with E-state index in [2.05, 4.69) is 33.8 Å². The predicted molar refractivity (Wildman–Crippen MR) is 135 cm³/mol. The molecule has 2 aromatic rings. The number of hydrogen-bond donors (Lipinski definition) is 2. The summed E-state index contributed by atoms with van der Waals surface area (Å²) < 4.78 is 0. The molecule has 0 spiro atoms. The molecule has 0 aromatic heterocycles. The number of primary amides is 1. The second-order valence-corrected chi connectivity index (χ2v) is 7.53. The van der Waals surface area contributed by atoms with E-state index in [9.17, 15) is 4.79 Å². The van der Waals surface area contributed by atoms with E-state index in [0.29, 0.717) is 6.61 Å². The van der Waals surface area contributed by atoms with Crippen LogP contribution in [0.1, 0.15) is 59.9 Å². The van der Waals surface area contributed by atoms with Gasteiger partial charge in [0.15, 0.2) is 0 Å². The van der Waals surface area contributed by atoms with Crippen LogP contribution < -0.4 is 10.6 Å². The highest BCUT2D eigenvalue weighted by molar-refractivity contribution is 6.01. The fourth-order valence-corrected chi connectivity index (χ4v) is 2.10. The van der Waals surface area contributed by atoms with Crippen molar-refractivity contribution < 1.29 is 9.90 Å². The predicted octanol–water partition coefficient (Wildman–Crippen LogP) is 5.77. The SMILES string of the molecule is CC.CC(C)C.CCCCO.CN(C)c1ccc2cc(/C=C(\C#N)C(N)=O)ccc2c1. The van der Waals surface area contributed by atoms with Crippen molar-refractivity contribution in [3.05, 3.63) is 47.5 Å². The number of amides is 1. The number of rotatable bonds is 5. The van der Waals surface area contributed by atoms with Gasteiger partial charge in [0.1, 0.15) is 11.6 Å². The van der Waals surface area contributed by atoms with Crippen LogP contribution in [0.3, 0.4) is 0 Å². The molecular weight excluding hydrogens is 386 g/mol. The number of nitrogens with two attached hydrogens (primary N) is 1. The van der Waals surface area contributed by atoms with Gasteiger partial charge >= 0.3 is 0 Å². The van der Waals surface area contributed by atoms with Gasteiger partial charge in [-0.15, -0.1) is 0 Å². The minimum atomic E-state index is -0.712. The number of unbranched alkanes of at least 4 members (excludes halogenated alkanes) is 1.